The molecule has 0 amide bonds. The standard InChI is InChI=1S/C25H37F5O4S/c1-15(13-24(26,27)14-34-35(32,33)25(28,29)30)19-6-7-20-18-5-4-16-12-17(31)8-10-22(16,2)21(18)9-11-23(19,20)3/h4,15,17-21,31H,5-14H2,1-3H3/t15-,17+,18+,19-,20+,21+,22+,23-/m1/s1. The van der Waals surface area contributed by atoms with Gasteiger partial charge in [0, 0.05) is 6.42 Å². The Balaban J connectivity index is 1.45. The Morgan fingerprint density at radius 2 is 1.77 bits per heavy atom. The Kier molecular flexibility index (Phi) is 6.96. The number of hydrogen-bond acceptors (Lipinski definition) is 4. The number of aliphatic hydroxyl groups is 1. The van der Waals surface area contributed by atoms with Crippen molar-refractivity contribution in [1.82, 2.24) is 0 Å². The van der Waals surface area contributed by atoms with Crippen molar-refractivity contribution in [3.05, 3.63) is 11.6 Å². The van der Waals surface area contributed by atoms with Crippen molar-refractivity contribution >= 4 is 10.1 Å². The molecule has 4 aliphatic carbocycles. The fourth-order valence-electron chi connectivity index (χ4n) is 8.52. The molecule has 4 nitrogen and oxygen atoms in total. The fourth-order valence-corrected chi connectivity index (χ4v) is 8.98. The lowest BCUT2D eigenvalue weighted by Crippen LogP contribution is -2.51. The molecule has 0 aromatic heterocycles. The largest absolute Gasteiger partial charge is 0.523 e. The van der Waals surface area contributed by atoms with Gasteiger partial charge in [0.2, 0.25) is 0 Å². The topological polar surface area (TPSA) is 63.6 Å². The zero-order valence-electron chi connectivity index (χ0n) is 20.6. The monoisotopic (exact) mass is 528 g/mol. The van der Waals surface area contributed by atoms with Crippen molar-refractivity contribution in [3.63, 3.8) is 0 Å². The molecule has 35 heavy (non-hydrogen) atoms. The maximum absolute atomic E-state index is 14.5. The highest BCUT2D eigenvalue weighted by Crippen LogP contribution is 2.67. The minimum absolute atomic E-state index is 0.00934. The van der Waals surface area contributed by atoms with Crippen molar-refractivity contribution in [2.24, 2.45) is 40.4 Å². The van der Waals surface area contributed by atoms with Gasteiger partial charge in [-0.1, -0.05) is 32.4 Å². The van der Waals surface area contributed by atoms with E-state index in [0.717, 1.165) is 51.4 Å². The SMILES string of the molecule is C[C@H](CC(F)(F)COS(=O)(=O)C(F)(F)F)[C@H]1CC[C@H]2[C@@H]3CC=C4C[C@@H](O)CC[C@]4(C)[C@H]3CC[C@]12C. The molecule has 0 aromatic carbocycles. The summed E-state index contributed by atoms with van der Waals surface area (Å²) in [6.07, 6.45) is 8.46. The molecule has 1 N–H and O–H groups in total. The van der Waals surface area contributed by atoms with Crippen LogP contribution >= 0.6 is 0 Å². The van der Waals surface area contributed by atoms with Crippen LogP contribution in [0.25, 0.3) is 0 Å². The van der Waals surface area contributed by atoms with Crippen LogP contribution in [-0.4, -0.2) is 37.7 Å². The molecular weight excluding hydrogens is 491 g/mol. The van der Waals surface area contributed by atoms with E-state index < -0.39 is 40.5 Å². The highest BCUT2D eigenvalue weighted by Gasteiger charge is 2.59. The molecule has 0 bridgehead atoms. The van der Waals surface area contributed by atoms with Gasteiger partial charge in [-0.05, 0) is 91.8 Å². The lowest BCUT2D eigenvalue weighted by Gasteiger charge is -2.58. The molecule has 0 spiro atoms. The number of halogens is 5. The normalized spacial score (nSPS) is 40.9. The smallest absolute Gasteiger partial charge is 0.393 e. The van der Waals surface area contributed by atoms with Crippen molar-refractivity contribution in [3.8, 4) is 0 Å². The van der Waals surface area contributed by atoms with Gasteiger partial charge in [0.25, 0.3) is 5.92 Å². The third-order valence-electron chi connectivity index (χ3n) is 10.2. The first-order chi connectivity index (χ1) is 16.0. The van der Waals surface area contributed by atoms with Crippen LogP contribution in [0.5, 0.6) is 0 Å². The minimum atomic E-state index is -6.05. The third-order valence-corrected chi connectivity index (χ3v) is 11.2. The summed E-state index contributed by atoms with van der Waals surface area (Å²) in [5.74, 6) is -2.79. The van der Waals surface area contributed by atoms with Crippen LogP contribution in [-0.2, 0) is 14.3 Å². The molecule has 8 atom stereocenters. The predicted octanol–water partition coefficient (Wildman–Crippen LogP) is 6.45. The van der Waals surface area contributed by atoms with E-state index in [1.54, 1.807) is 6.92 Å². The summed E-state index contributed by atoms with van der Waals surface area (Å²) < 4.78 is 92.3. The summed E-state index contributed by atoms with van der Waals surface area (Å²) >= 11 is 0. The van der Waals surface area contributed by atoms with Crippen molar-refractivity contribution in [2.75, 3.05) is 6.61 Å². The highest BCUT2D eigenvalue weighted by atomic mass is 32.2. The van der Waals surface area contributed by atoms with E-state index in [9.17, 15) is 35.5 Å². The highest BCUT2D eigenvalue weighted by molar-refractivity contribution is 7.87. The number of alkyl halides is 5. The maximum Gasteiger partial charge on any atom is 0.523 e. The van der Waals surface area contributed by atoms with Gasteiger partial charge in [-0.2, -0.15) is 21.6 Å². The molecule has 0 heterocycles. The first-order valence-corrected chi connectivity index (χ1v) is 14.1. The summed E-state index contributed by atoms with van der Waals surface area (Å²) in [7, 11) is -6.05. The van der Waals surface area contributed by atoms with Gasteiger partial charge < -0.3 is 5.11 Å². The first kappa shape index (κ1) is 27.3. The van der Waals surface area contributed by atoms with Crippen LogP contribution in [0.4, 0.5) is 22.0 Å². The predicted molar refractivity (Wildman–Crippen MR) is 121 cm³/mol. The van der Waals surface area contributed by atoms with Crippen LogP contribution in [0.15, 0.2) is 11.6 Å². The Hall–Kier alpha value is -0.740. The quantitative estimate of drug-likeness (QED) is 0.186. The molecule has 3 fully saturated rings. The molecule has 3 saturated carbocycles. The molecule has 4 aliphatic rings. The van der Waals surface area contributed by atoms with E-state index in [2.05, 4.69) is 24.1 Å². The second-order valence-corrected chi connectivity index (χ2v) is 13.7. The molecule has 0 radical (unpaired) electrons. The van der Waals surface area contributed by atoms with Crippen LogP contribution < -0.4 is 0 Å². The number of allylic oxidation sites excluding steroid dienone is 1. The third kappa shape index (κ3) is 4.80. The van der Waals surface area contributed by atoms with E-state index in [1.165, 1.54) is 5.57 Å². The summed E-state index contributed by atoms with van der Waals surface area (Å²) in [6, 6.07) is 0. The van der Waals surface area contributed by atoms with E-state index in [-0.39, 0.29) is 22.9 Å². The van der Waals surface area contributed by atoms with Crippen LogP contribution in [0.1, 0.15) is 78.6 Å². The molecule has 0 saturated heterocycles. The fraction of sp³-hybridized carbons (Fsp3) is 0.920. The molecule has 0 aliphatic heterocycles. The van der Waals surface area contributed by atoms with Gasteiger partial charge in [0.1, 0.15) is 6.61 Å². The van der Waals surface area contributed by atoms with Crippen LogP contribution in [0.2, 0.25) is 0 Å². The van der Waals surface area contributed by atoms with E-state index in [4.69, 9.17) is 0 Å². The Bertz CT molecular complexity index is 948. The van der Waals surface area contributed by atoms with Gasteiger partial charge in [0.05, 0.1) is 6.10 Å². The summed E-state index contributed by atoms with van der Waals surface area (Å²) in [5.41, 5.74) is -4.40. The molecular formula is C25H37F5O4S. The second-order valence-electron chi connectivity index (χ2n) is 12.1. The Labute approximate surface area is 204 Å². The summed E-state index contributed by atoms with van der Waals surface area (Å²) in [5, 5.41) is 10.2. The molecule has 0 aromatic rings. The average Bonchev–Trinajstić information content (AvgIpc) is 3.09. The second kappa shape index (κ2) is 8.93. The molecule has 202 valence electrons. The summed E-state index contributed by atoms with van der Waals surface area (Å²) in [6.45, 7) is 4.43. The zero-order chi connectivity index (χ0) is 26.0. The average molecular weight is 529 g/mol. The molecule has 10 heteroatoms. The maximum atomic E-state index is 14.5. The van der Waals surface area contributed by atoms with E-state index in [0.29, 0.717) is 17.8 Å². The lowest BCUT2D eigenvalue weighted by atomic mass is 9.47. The Morgan fingerprint density at radius 1 is 1.09 bits per heavy atom. The van der Waals surface area contributed by atoms with Gasteiger partial charge in [-0.25, -0.2) is 8.78 Å². The van der Waals surface area contributed by atoms with Crippen molar-refractivity contribution in [2.45, 2.75) is 96.1 Å². The number of rotatable bonds is 6. The number of fused-ring (bicyclic) bond motifs is 5. The van der Waals surface area contributed by atoms with Gasteiger partial charge >= 0.3 is 15.6 Å². The number of aliphatic hydroxyl groups excluding tert-OH is 1. The van der Waals surface area contributed by atoms with Crippen LogP contribution in [0.3, 0.4) is 0 Å². The first-order valence-electron chi connectivity index (χ1n) is 12.7. The lowest BCUT2D eigenvalue weighted by molar-refractivity contribution is -0.0929. The van der Waals surface area contributed by atoms with Crippen molar-refractivity contribution in [1.29, 1.82) is 0 Å². The zero-order valence-corrected chi connectivity index (χ0v) is 21.4. The Morgan fingerprint density at radius 3 is 2.43 bits per heavy atom. The minimum Gasteiger partial charge on any atom is -0.393 e. The van der Waals surface area contributed by atoms with Crippen LogP contribution in [0, 0.1) is 40.4 Å². The molecule has 0 unspecified atom stereocenters. The summed E-state index contributed by atoms with van der Waals surface area (Å²) in [4.78, 5) is 0. The van der Waals surface area contributed by atoms with Gasteiger partial charge in [-0.15, -0.1) is 0 Å². The van der Waals surface area contributed by atoms with Gasteiger partial charge in [0.15, 0.2) is 0 Å². The van der Waals surface area contributed by atoms with E-state index in [1.807, 2.05) is 0 Å². The van der Waals surface area contributed by atoms with Crippen molar-refractivity contribution < 1.29 is 39.7 Å². The van der Waals surface area contributed by atoms with E-state index >= 15 is 0 Å². The number of hydrogen-bond donors (Lipinski definition) is 1. The van der Waals surface area contributed by atoms with Gasteiger partial charge in [-0.3, -0.25) is 4.18 Å². The molecule has 4 rings (SSSR count).